The summed E-state index contributed by atoms with van der Waals surface area (Å²) < 4.78 is 2.70. The van der Waals surface area contributed by atoms with Gasteiger partial charge in [0.25, 0.3) is 0 Å². The number of aryl methyl sites for hydroxylation is 1. The standard InChI is InChI=1S/C12H15BrN4/c1-17-8-6-10(16-17)5-7-14-9-11-3-2-4-12(13)15-11/h2-4,6,8,14H,5,7,9H2,1H3. The van der Waals surface area contributed by atoms with Gasteiger partial charge in [0.2, 0.25) is 0 Å². The lowest BCUT2D eigenvalue weighted by molar-refractivity contribution is 0.656. The molecule has 2 rings (SSSR count). The quantitative estimate of drug-likeness (QED) is 0.677. The highest BCUT2D eigenvalue weighted by molar-refractivity contribution is 9.10. The van der Waals surface area contributed by atoms with E-state index in [0.717, 1.165) is 35.5 Å². The van der Waals surface area contributed by atoms with Crippen LogP contribution in [-0.4, -0.2) is 21.3 Å². The van der Waals surface area contributed by atoms with Crippen molar-refractivity contribution in [3.63, 3.8) is 0 Å². The van der Waals surface area contributed by atoms with E-state index < -0.39 is 0 Å². The van der Waals surface area contributed by atoms with Crippen molar-refractivity contribution in [1.82, 2.24) is 20.1 Å². The molecule has 0 spiro atoms. The molecule has 2 heterocycles. The number of nitrogens with one attached hydrogen (secondary N) is 1. The molecule has 2 aromatic rings. The second-order valence-electron chi connectivity index (χ2n) is 3.86. The van der Waals surface area contributed by atoms with Crippen LogP contribution in [0.25, 0.3) is 0 Å². The summed E-state index contributed by atoms with van der Waals surface area (Å²) in [6.45, 7) is 1.69. The minimum atomic E-state index is 0.784. The van der Waals surface area contributed by atoms with Crippen molar-refractivity contribution in [2.45, 2.75) is 13.0 Å². The van der Waals surface area contributed by atoms with Gasteiger partial charge in [0.05, 0.1) is 11.4 Å². The Morgan fingerprint density at radius 1 is 1.29 bits per heavy atom. The van der Waals surface area contributed by atoms with Gasteiger partial charge in [-0.2, -0.15) is 5.10 Å². The van der Waals surface area contributed by atoms with Crippen molar-refractivity contribution >= 4 is 15.9 Å². The zero-order valence-corrected chi connectivity index (χ0v) is 11.3. The molecule has 2 aromatic heterocycles. The molecule has 0 aromatic carbocycles. The first kappa shape index (κ1) is 12.3. The third-order valence-electron chi connectivity index (χ3n) is 2.41. The van der Waals surface area contributed by atoms with Crippen molar-refractivity contribution < 1.29 is 0 Å². The van der Waals surface area contributed by atoms with Crippen LogP contribution >= 0.6 is 15.9 Å². The number of aromatic nitrogens is 3. The fourth-order valence-electron chi connectivity index (χ4n) is 1.58. The predicted molar refractivity (Wildman–Crippen MR) is 70.6 cm³/mol. The summed E-state index contributed by atoms with van der Waals surface area (Å²) >= 11 is 3.36. The normalized spacial score (nSPS) is 10.7. The Hall–Kier alpha value is -1.20. The molecule has 0 saturated carbocycles. The predicted octanol–water partition coefficient (Wildman–Crippen LogP) is 1.91. The van der Waals surface area contributed by atoms with Gasteiger partial charge < -0.3 is 5.32 Å². The smallest absolute Gasteiger partial charge is 0.106 e. The number of halogens is 1. The van der Waals surface area contributed by atoms with Gasteiger partial charge in [0.15, 0.2) is 0 Å². The monoisotopic (exact) mass is 294 g/mol. The Labute approximate surface area is 109 Å². The van der Waals surface area contributed by atoms with E-state index in [1.807, 2.05) is 42.2 Å². The molecule has 90 valence electrons. The van der Waals surface area contributed by atoms with Crippen molar-refractivity contribution in [1.29, 1.82) is 0 Å². The van der Waals surface area contributed by atoms with Crippen LogP contribution in [0, 0.1) is 0 Å². The molecule has 0 bridgehead atoms. The number of nitrogens with zero attached hydrogens (tertiary/aromatic N) is 3. The lowest BCUT2D eigenvalue weighted by Gasteiger charge is -2.03. The molecule has 17 heavy (non-hydrogen) atoms. The van der Waals surface area contributed by atoms with E-state index in [9.17, 15) is 0 Å². The van der Waals surface area contributed by atoms with E-state index in [-0.39, 0.29) is 0 Å². The van der Waals surface area contributed by atoms with Gasteiger partial charge in [0, 0.05) is 32.8 Å². The molecule has 0 radical (unpaired) electrons. The number of hydrogen-bond acceptors (Lipinski definition) is 3. The first-order valence-electron chi connectivity index (χ1n) is 5.55. The van der Waals surface area contributed by atoms with Gasteiger partial charge >= 0.3 is 0 Å². The van der Waals surface area contributed by atoms with Gasteiger partial charge in [0.1, 0.15) is 4.60 Å². The Morgan fingerprint density at radius 2 is 2.18 bits per heavy atom. The van der Waals surface area contributed by atoms with Gasteiger partial charge in [-0.25, -0.2) is 4.98 Å². The van der Waals surface area contributed by atoms with Gasteiger partial charge in [-0.1, -0.05) is 6.07 Å². The lowest BCUT2D eigenvalue weighted by atomic mass is 10.3. The number of hydrogen-bond donors (Lipinski definition) is 1. The maximum absolute atomic E-state index is 4.36. The van der Waals surface area contributed by atoms with Crippen molar-refractivity contribution in [2.75, 3.05) is 6.54 Å². The zero-order valence-electron chi connectivity index (χ0n) is 9.73. The number of rotatable bonds is 5. The molecule has 0 aliphatic heterocycles. The summed E-state index contributed by atoms with van der Waals surface area (Å²) in [5.41, 5.74) is 2.16. The van der Waals surface area contributed by atoms with E-state index in [1.54, 1.807) is 0 Å². The molecule has 0 amide bonds. The second-order valence-corrected chi connectivity index (χ2v) is 4.67. The average molecular weight is 295 g/mol. The molecule has 0 unspecified atom stereocenters. The van der Waals surface area contributed by atoms with Crippen molar-refractivity contribution in [3.05, 3.63) is 46.5 Å². The fourth-order valence-corrected chi connectivity index (χ4v) is 1.96. The molecule has 0 aliphatic carbocycles. The molecule has 4 nitrogen and oxygen atoms in total. The van der Waals surface area contributed by atoms with Crippen LogP contribution in [0.3, 0.4) is 0 Å². The highest BCUT2D eigenvalue weighted by Crippen LogP contribution is 2.05. The summed E-state index contributed by atoms with van der Waals surface area (Å²) in [5.74, 6) is 0. The lowest BCUT2D eigenvalue weighted by Crippen LogP contribution is -2.17. The van der Waals surface area contributed by atoms with E-state index in [4.69, 9.17) is 0 Å². The Bertz CT molecular complexity index is 481. The largest absolute Gasteiger partial charge is 0.311 e. The second kappa shape index (κ2) is 5.93. The van der Waals surface area contributed by atoms with Crippen LogP contribution in [0.1, 0.15) is 11.4 Å². The third kappa shape index (κ3) is 3.94. The molecule has 0 fully saturated rings. The first-order valence-corrected chi connectivity index (χ1v) is 6.34. The highest BCUT2D eigenvalue weighted by Gasteiger charge is 1.98. The fraction of sp³-hybridized carbons (Fsp3) is 0.333. The first-order chi connectivity index (χ1) is 8.24. The maximum Gasteiger partial charge on any atom is 0.106 e. The SMILES string of the molecule is Cn1ccc(CCNCc2cccc(Br)n2)n1. The summed E-state index contributed by atoms with van der Waals surface area (Å²) in [6, 6.07) is 7.97. The van der Waals surface area contributed by atoms with Crippen molar-refractivity contribution in [3.8, 4) is 0 Å². The van der Waals surface area contributed by atoms with Crippen LogP contribution in [-0.2, 0) is 20.0 Å². The van der Waals surface area contributed by atoms with Gasteiger partial charge in [-0.05, 0) is 34.1 Å². The summed E-state index contributed by atoms with van der Waals surface area (Å²) in [5, 5.41) is 7.68. The molecule has 0 saturated heterocycles. The minimum absolute atomic E-state index is 0.784. The minimum Gasteiger partial charge on any atom is -0.311 e. The van der Waals surface area contributed by atoms with E-state index >= 15 is 0 Å². The van der Waals surface area contributed by atoms with Crippen LogP contribution < -0.4 is 5.32 Å². The van der Waals surface area contributed by atoms with Crippen LogP contribution in [0.4, 0.5) is 0 Å². The van der Waals surface area contributed by atoms with Crippen LogP contribution in [0.5, 0.6) is 0 Å². The van der Waals surface area contributed by atoms with Crippen LogP contribution in [0.2, 0.25) is 0 Å². The third-order valence-corrected chi connectivity index (χ3v) is 2.85. The average Bonchev–Trinajstić information content (AvgIpc) is 2.71. The summed E-state index contributed by atoms with van der Waals surface area (Å²) in [7, 11) is 1.93. The summed E-state index contributed by atoms with van der Waals surface area (Å²) in [6.07, 6.45) is 2.90. The molecular formula is C12H15BrN4. The maximum atomic E-state index is 4.36. The van der Waals surface area contributed by atoms with Gasteiger partial charge in [-0.3, -0.25) is 4.68 Å². The van der Waals surface area contributed by atoms with E-state index in [0.29, 0.717) is 0 Å². The molecular weight excluding hydrogens is 280 g/mol. The number of pyridine rings is 1. The van der Waals surface area contributed by atoms with E-state index in [1.165, 1.54) is 0 Å². The van der Waals surface area contributed by atoms with Crippen LogP contribution in [0.15, 0.2) is 35.1 Å². The molecule has 5 heteroatoms. The topological polar surface area (TPSA) is 42.7 Å². The highest BCUT2D eigenvalue weighted by atomic mass is 79.9. The molecule has 0 aliphatic rings. The van der Waals surface area contributed by atoms with Gasteiger partial charge in [-0.15, -0.1) is 0 Å². The Kier molecular flexibility index (Phi) is 4.28. The summed E-state index contributed by atoms with van der Waals surface area (Å²) in [4.78, 5) is 4.36. The Morgan fingerprint density at radius 3 is 2.88 bits per heavy atom. The Balaban J connectivity index is 1.73. The van der Waals surface area contributed by atoms with Crippen molar-refractivity contribution in [2.24, 2.45) is 7.05 Å². The molecule has 0 atom stereocenters. The molecule has 1 N–H and O–H groups in total. The van der Waals surface area contributed by atoms with E-state index in [2.05, 4.69) is 31.3 Å². The zero-order chi connectivity index (χ0) is 12.1.